The summed E-state index contributed by atoms with van der Waals surface area (Å²) in [7, 11) is 0. The van der Waals surface area contributed by atoms with Gasteiger partial charge in [-0.1, -0.05) is 61.4 Å². The third kappa shape index (κ3) is 5.48. The Hall–Kier alpha value is -3.00. The van der Waals surface area contributed by atoms with Gasteiger partial charge in [-0.15, -0.1) is 0 Å². The predicted molar refractivity (Wildman–Crippen MR) is 137 cm³/mol. The van der Waals surface area contributed by atoms with Crippen LogP contribution in [0.15, 0.2) is 48.5 Å². The van der Waals surface area contributed by atoms with Crippen molar-refractivity contribution in [3.8, 4) is 11.1 Å². The van der Waals surface area contributed by atoms with Crippen molar-refractivity contribution in [2.24, 2.45) is 5.41 Å². The zero-order chi connectivity index (χ0) is 24.8. The lowest BCUT2D eigenvalue weighted by Gasteiger charge is -2.29. The molecule has 2 aliphatic carbocycles. The van der Waals surface area contributed by atoms with E-state index in [1.807, 2.05) is 30.5 Å². The van der Waals surface area contributed by atoms with Crippen molar-refractivity contribution in [2.75, 3.05) is 25.2 Å². The number of alkyl carbamates (subject to hydrolysis) is 1. The van der Waals surface area contributed by atoms with E-state index in [2.05, 4.69) is 34.9 Å². The Morgan fingerprint density at radius 1 is 1.06 bits per heavy atom. The molecular formula is C27H32N2O5S. The maximum Gasteiger partial charge on any atom is 0.407 e. The number of ether oxygens (including phenoxy) is 1. The minimum Gasteiger partial charge on any atom is -0.480 e. The number of aliphatic carboxylic acids is 1. The predicted octanol–water partition coefficient (Wildman–Crippen LogP) is 4.41. The molecule has 2 amide bonds. The molecule has 0 spiro atoms. The maximum atomic E-state index is 13.1. The molecule has 1 fully saturated rings. The number of rotatable bonds is 10. The first kappa shape index (κ1) is 25.1. The van der Waals surface area contributed by atoms with Gasteiger partial charge in [0.25, 0.3) is 0 Å². The Labute approximate surface area is 210 Å². The highest BCUT2D eigenvalue weighted by Crippen LogP contribution is 2.44. The van der Waals surface area contributed by atoms with Gasteiger partial charge in [-0.3, -0.25) is 4.79 Å². The van der Waals surface area contributed by atoms with E-state index in [0.717, 1.165) is 35.1 Å². The van der Waals surface area contributed by atoms with Crippen LogP contribution >= 0.6 is 11.8 Å². The van der Waals surface area contributed by atoms with Crippen LogP contribution in [-0.2, 0) is 14.3 Å². The van der Waals surface area contributed by atoms with Crippen molar-refractivity contribution in [3.63, 3.8) is 0 Å². The van der Waals surface area contributed by atoms with E-state index in [4.69, 9.17) is 4.74 Å². The lowest BCUT2D eigenvalue weighted by atomic mass is 9.84. The van der Waals surface area contributed by atoms with Crippen LogP contribution in [0.4, 0.5) is 4.79 Å². The molecular weight excluding hydrogens is 464 g/mol. The molecule has 3 N–H and O–H groups in total. The van der Waals surface area contributed by atoms with Crippen LogP contribution in [0, 0.1) is 5.41 Å². The number of carbonyl (C=O) groups excluding carboxylic acids is 2. The first-order valence-electron chi connectivity index (χ1n) is 12.1. The van der Waals surface area contributed by atoms with Gasteiger partial charge in [0.1, 0.15) is 12.6 Å². The van der Waals surface area contributed by atoms with Gasteiger partial charge in [0, 0.05) is 12.5 Å². The third-order valence-corrected chi connectivity index (χ3v) is 7.82. The molecule has 8 heteroatoms. The summed E-state index contributed by atoms with van der Waals surface area (Å²) in [6, 6.07) is 15.4. The lowest BCUT2D eigenvalue weighted by Crippen LogP contribution is -2.52. The van der Waals surface area contributed by atoms with E-state index < -0.39 is 23.5 Å². The topological polar surface area (TPSA) is 105 Å². The fourth-order valence-electron chi connectivity index (χ4n) is 5.23. The van der Waals surface area contributed by atoms with E-state index >= 15 is 0 Å². The molecule has 35 heavy (non-hydrogen) atoms. The highest BCUT2D eigenvalue weighted by Gasteiger charge is 2.43. The normalized spacial score (nSPS) is 16.7. The van der Waals surface area contributed by atoms with Crippen molar-refractivity contribution in [3.05, 3.63) is 59.7 Å². The second-order valence-corrected chi connectivity index (χ2v) is 10.3. The number of fused-ring (bicyclic) bond motifs is 3. The highest BCUT2D eigenvalue weighted by molar-refractivity contribution is 7.98. The molecule has 4 rings (SSSR count). The third-order valence-electron chi connectivity index (χ3n) is 7.17. The second-order valence-electron chi connectivity index (χ2n) is 9.31. The Kier molecular flexibility index (Phi) is 8.00. The van der Waals surface area contributed by atoms with Gasteiger partial charge in [-0.25, -0.2) is 9.59 Å². The summed E-state index contributed by atoms with van der Waals surface area (Å²) in [5, 5.41) is 15.0. The minimum atomic E-state index is -1.04. The van der Waals surface area contributed by atoms with Crippen LogP contribution in [0.2, 0.25) is 0 Å². The van der Waals surface area contributed by atoms with Crippen LogP contribution in [-0.4, -0.2) is 54.3 Å². The van der Waals surface area contributed by atoms with Crippen molar-refractivity contribution in [1.29, 1.82) is 0 Å². The van der Waals surface area contributed by atoms with E-state index in [1.165, 1.54) is 11.8 Å². The maximum absolute atomic E-state index is 13.1. The molecule has 186 valence electrons. The van der Waals surface area contributed by atoms with Crippen LogP contribution in [0.1, 0.15) is 49.1 Å². The molecule has 1 saturated carbocycles. The molecule has 0 aliphatic heterocycles. The van der Waals surface area contributed by atoms with Crippen LogP contribution in [0.25, 0.3) is 11.1 Å². The monoisotopic (exact) mass is 496 g/mol. The molecule has 0 heterocycles. The van der Waals surface area contributed by atoms with E-state index in [0.29, 0.717) is 25.0 Å². The van der Waals surface area contributed by atoms with Crippen molar-refractivity contribution >= 4 is 29.7 Å². The molecule has 0 bridgehead atoms. The summed E-state index contributed by atoms with van der Waals surface area (Å²) in [6.45, 7) is 0.333. The first-order valence-corrected chi connectivity index (χ1v) is 13.5. The Bertz CT molecular complexity index is 1040. The first-order chi connectivity index (χ1) is 16.9. The number of hydrogen-bond donors (Lipinski definition) is 3. The number of thioether (sulfide) groups is 1. The number of carboxylic acids is 1. The fourth-order valence-corrected chi connectivity index (χ4v) is 5.70. The molecule has 2 aromatic carbocycles. The largest absolute Gasteiger partial charge is 0.480 e. The zero-order valence-corrected chi connectivity index (χ0v) is 20.7. The molecule has 0 radical (unpaired) electrons. The Balaban J connectivity index is 1.36. The number of hydrogen-bond acceptors (Lipinski definition) is 5. The van der Waals surface area contributed by atoms with Crippen LogP contribution < -0.4 is 10.6 Å². The molecule has 0 aromatic heterocycles. The Morgan fingerprint density at radius 3 is 2.23 bits per heavy atom. The van der Waals surface area contributed by atoms with Gasteiger partial charge >= 0.3 is 12.1 Å². The fraction of sp³-hybridized carbons (Fsp3) is 0.444. The summed E-state index contributed by atoms with van der Waals surface area (Å²) in [6.07, 6.45) is 4.64. The van der Waals surface area contributed by atoms with Gasteiger partial charge in [0.15, 0.2) is 0 Å². The van der Waals surface area contributed by atoms with Crippen molar-refractivity contribution in [2.45, 2.75) is 44.1 Å². The van der Waals surface area contributed by atoms with Crippen molar-refractivity contribution < 1.29 is 24.2 Å². The van der Waals surface area contributed by atoms with E-state index in [1.54, 1.807) is 0 Å². The van der Waals surface area contributed by atoms with Gasteiger partial charge in [-0.2, -0.15) is 11.8 Å². The van der Waals surface area contributed by atoms with Crippen LogP contribution in [0.5, 0.6) is 0 Å². The van der Waals surface area contributed by atoms with Crippen molar-refractivity contribution in [1.82, 2.24) is 10.6 Å². The Morgan fingerprint density at radius 2 is 1.66 bits per heavy atom. The summed E-state index contributed by atoms with van der Waals surface area (Å²) >= 11 is 1.54. The molecule has 1 atom stereocenters. The number of benzene rings is 2. The highest BCUT2D eigenvalue weighted by atomic mass is 32.2. The zero-order valence-electron chi connectivity index (χ0n) is 19.9. The molecule has 0 saturated heterocycles. The molecule has 7 nitrogen and oxygen atoms in total. The van der Waals surface area contributed by atoms with Gasteiger partial charge in [0.2, 0.25) is 5.91 Å². The van der Waals surface area contributed by atoms with Gasteiger partial charge in [-0.05, 0) is 53.5 Å². The average molecular weight is 497 g/mol. The molecule has 2 aromatic rings. The second kappa shape index (κ2) is 11.2. The summed E-state index contributed by atoms with van der Waals surface area (Å²) < 4.78 is 5.62. The standard InChI is InChI=1S/C27H32N2O5S/c1-35-15-12-23(24(30)31)29-25(32)27(13-6-7-14-27)17-28-26(33)34-16-22-20-10-4-2-8-18(20)19-9-3-5-11-21(19)22/h2-5,8-11,22-23H,6-7,12-17H2,1H3,(H,28,33)(H,29,32)(H,30,31)/t23-/m0/s1. The smallest absolute Gasteiger partial charge is 0.407 e. The number of nitrogens with one attached hydrogen (secondary N) is 2. The van der Waals surface area contributed by atoms with Gasteiger partial charge < -0.3 is 20.5 Å². The summed E-state index contributed by atoms with van der Waals surface area (Å²) in [5.41, 5.74) is 3.79. The van der Waals surface area contributed by atoms with Crippen LogP contribution in [0.3, 0.4) is 0 Å². The SMILES string of the molecule is CSCC[C@H](NC(=O)C1(CNC(=O)OCC2c3ccccc3-c3ccccc32)CCCC1)C(=O)O. The average Bonchev–Trinajstić information content (AvgIpc) is 3.47. The molecule has 2 aliphatic rings. The molecule has 0 unspecified atom stereocenters. The summed E-state index contributed by atoms with van der Waals surface area (Å²) in [5.74, 6) is -0.737. The number of carboxylic acid groups (broad SMARTS) is 1. The minimum absolute atomic E-state index is 0.0374. The quantitative estimate of drug-likeness (QED) is 0.450. The lowest BCUT2D eigenvalue weighted by molar-refractivity contribution is -0.143. The van der Waals surface area contributed by atoms with E-state index in [9.17, 15) is 19.5 Å². The number of carbonyl (C=O) groups is 3. The number of amides is 2. The summed E-state index contributed by atoms with van der Waals surface area (Å²) in [4.78, 5) is 37.4. The van der Waals surface area contributed by atoms with Gasteiger partial charge in [0.05, 0.1) is 5.41 Å². The van der Waals surface area contributed by atoms with E-state index in [-0.39, 0.29) is 25.0 Å².